The summed E-state index contributed by atoms with van der Waals surface area (Å²) in [7, 11) is 1.82. The van der Waals surface area contributed by atoms with Gasteiger partial charge in [-0.2, -0.15) is 10.1 Å². The van der Waals surface area contributed by atoms with Crippen molar-refractivity contribution in [3.63, 3.8) is 0 Å². The van der Waals surface area contributed by atoms with Gasteiger partial charge in [-0.1, -0.05) is 13.8 Å². The van der Waals surface area contributed by atoms with Gasteiger partial charge in [0.25, 0.3) is 0 Å². The van der Waals surface area contributed by atoms with Crippen molar-refractivity contribution in [2.24, 2.45) is 13.0 Å². The van der Waals surface area contributed by atoms with Gasteiger partial charge in [-0.25, -0.2) is 0 Å². The molecule has 2 heterocycles. The molecule has 2 aromatic heterocycles. The van der Waals surface area contributed by atoms with E-state index in [-0.39, 0.29) is 0 Å². The number of hydrogen-bond donors (Lipinski definition) is 1. The Morgan fingerprint density at radius 3 is 2.79 bits per heavy atom. The van der Waals surface area contributed by atoms with Crippen molar-refractivity contribution in [3.05, 3.63) is 24.5 Å². The lowest BCUT2D eigenvalue weighted by Gasteiger charge is -2.11. The Labute approximate surface area is 112 Å². The second-order valence-electron chi connectivity index (χ2n) is 4.70. The SMILES string of the molecule is CC(C)COc1nc(Oc2cnn(C)c2)ccc1N. The number of pyridine rings is 1. The van der Waals surface area contributed by atoms with Crippen molar-refractivity contribution >= 4 is 5.69 Å². The number of nitrogens with zero attached hydrogens (tertiary/aromatic N) is 3. The molecule has 0 atom stereocenters. The molecule has 2 aromatic rings. The van der Waals surface area contributed by atoms with E-state index < -0.39 is 0 Å². The summed E-state index contributed by atoms with van der Waals surface area (Å²) in [5, 5.41) is 4.02. The lowest BCUT2D eigenvalue weighted by atomic mass is 10.2. The van der Waals surface area contributed by atoms with Crippen LogP contribution in [0.3, 0.4) is 0 Å². The molecule has 19 heavy (non-hydrogen) atoms. The molecule has 0 amide bonds. The molecular weight excluding hydrogens is 244 g/mol. The average molecular weight is 262 g/mol. The average Bonchev–Trinajstić information content (AvgIpc) is 2.75. The lowest BCUT2D eigenvalue weighted by Crippen LogP contribution is -2.07. The van der Waals surface area contributed by atoms with Crippen LogP contribution in [0.4, 0.5) is 5.69 Å². The first-order valence-electron chi connectivity index (χ1n) is 6.10. The van der Waals surface area contributed by atoms with Crippen molar-refractivity contribution in [3.8, 4) is 17.5 Å². The summed E-state index contributed by atoms with van der Waals surface area (Å²) < 4.78 is 12.8. The van der Waals surface area contributed by atoms with Gasteiger partial charge >= 0.3 is 0 Å². The molecule has 0 fully saturated rings. The highest BCUT2D eigenvalue weighted by Crippen LogP contribution is 2.25. The van der Waals surface area contributed by atoms with Crippen LogP contribution < -0.4 is 15.2 Å². The van der Waals surface area contributed by atoms with Crippen LogP contribution in [-0.4, -0.2) is 21.4 Å². The minimum absolute atomic E-state index is 0.398. The normalized spacial score (nSPS) is 10.7. The minimum Gasteiger partial charge on any atom is -0.476 e. The Balaban J connectivity index is 2.11. The van der Waals surface area contributed by atoms with Crippen molar-refractivity contribution in [1.82, 2.24) is 14.8 Å². The number of ether oxygens (including phenoxy) is 2. The standard InChI is InChI=1S/C13H18N4O2/c1-9(2)8-18-13-11(14)4-5-12(16-13)19-10-6-15-17(3)7-10/h4-7,9H,8,14H2,1-3H3. The summed E-state index contributed by atoms with van der Waals surface area (Å²) in [4.78, 5) is 4.24. The number of nitrogens with two attached hydrogens (primary N) is 1. The molecular formula is C13H18N4O2. The van der Waals surface area contributed by atoms with Crippen LogP contribution in [-0.2, 0) is 7.05 Å². The zero-order valence-corrected chi connectivity index (χ0v) is 11.3. The van der Waals surface area contributed by atoms with E-state index in [0.29, 0.717) is 35.7 Å². The fraction of sp³-hybridized carbons (Fsp3) is 0.385. The van der Waals surface area contributed by atoms with E-state index in [1.165, 1.54) is 0 Å². The van der Waals surface area contributed by atoms with E-state index in [4.69, 9.17) is 15.2 Å². The van der Waals surface area contributed by atoms with Gasteiger partial charge < -0.3 is 15.2 Å². The maximum absolute atomic E-state index is 5.81. The molecule has 0 bridgehead atoms. The van der Waals surface area contributed by atoms with Crippen LogP contribution in [0.5, 0.6) is 17.5 Å². The van der Waals surface area contributed by atoms with Crippen molar-refractivity contribution in [2.45, 2.75) is 13.8 Å². The molecule has 6 nitrogen and oxygen atoms in total. The summed E-state index contributed by atoms with van der Waals surface area (Å²) >= 11 is 0. The Morgan fingerprint density at radius 2 is 2.16 bits per heavy atom. The molecule has 0 radical (unpaired) electrons. The summed E-state index contributed by atoms with van der Waals surface area (Å²) in [5.41, 5.74) is 6.31. The van der Waals surface area contributed by atoms with Crippen LogP contribution >= 0.6 is 0 Å². The van der Waals surface area contributed by atoms with Gasteiger partial charge in [0.2, 0.25) is 11.8 Å². The van der Waals surface area contributed by atoms with Gasteiger partial charge in [0, 0.05) is 13.1 Å². The molecule has 0 aromatic carbocycles. The van der Waals surface area contributed by atoms with Crippen LogP contribution in [0, 0.1) is 5.92 Å². The zero-order chi connectivity index (χ0) is 13.8. The summed E-state index contributed by atoms with van der Waals surface area (Å²) in [6, 6.07) is 3.42. The molecule has 2 rings (SSSR count). The van der Waals surface area contributed by atoms with Gasteiger partial charge in [-0.3, -0.25) is 4.68 Å². The fourth-order valence-electron chi connectivity index (χ4n) is 1.42. The molecule has 0 aliphatic rings. The fourth-order valence-corrected chi connectivity index (χ4v) is 1.42. The Kier molecular flexibility index (Phi) is 3.89. The van der Waals surface area contributed by atoms with Gasteiger partial charge in [-0.05, 0) is 12.0 Å². The van der Waals surface area contributed by atoms with Gasteiger partial charge in [0.1, 0.15) is 0 Å². The lowest BCUT2D eigenvalue weighted by molar-refractivity contribution is 0.260. The predicted octanol–water partition coefficient (Wildman–Crippen LogP) is 2.22. The molecule has 2 N–H and O–H groups in total. The van der Waals surface area contributed by atoms with E-state index >= 15 is 0 Å². The first-order valence-corrected chi connectivity index (χ1v) is 6.10. The smallest absolute Gasteiger partial charge is 0.240 e. The molecule has 102 valence electrons. The molecule has 0 spiro atoms. The van der Waals surface area contributed by atoms with Crippen LogP contribution in [0.2, 0.25) is 0 Å². The van der Waals surface area contributed by atoms with E-state index in [1.807, 2.05) is 7.05 Å². The molecule has 0 aliphatic heterocycles. The van der Waals surface area contributed by atoms with Crippen LogP contribution in [0.15, 0.2) is 24.5 Å². The molecule has 0 aliphatic carbocycles. The van der Waals surface area contributed by atoms with Crippen molar-refractivity contribution < 1.29 is 9.47 Å². The number of aryl methyl sites for hydroxylation is 1. The second kappa shape index (κ2) is 5.60. The van der Waals surface area contributed by atoms with Gasteiger partial charge in [-0.15, -0.1) is 0 Å². The summed E-state index contributed by atoms with van der Waals surface area (Å²) in [5.74, 6) is 1.86. The highest BCUT2D eigenvalue weighted by atomic mass is 16.5. The molecule has 0 unspecified atom stereocenters. The second-order valence-corrected chi connectivity index (χ2v) is 4.70. The predicted molar refractivity (Wildman–Crippen MR) is 72.3 cm³/mol. The van der Waals surface area contributed by atoms with Crippen molar-refractivity contribution in [1.29, 1.82) is 0 Å². The van der Waals surface area contributed by atoms with Crippen molar-refractivity contribution in [2.75, 3.05) is 12.3 Å². The summed E-state index contributed by atoms with van der Waals surface area (Å²) in [6.07, 6.45) is 3.37. The third kappa shape index (κ3) is 3.61. The minimum atomic E-state index is 0.398. The summed E-state index contributed by atoms with van der Waals surface area (Å²) in [6.45, 7) is 4.69. The van der Waals surface area contributed by atoms with Gasteiger partial charge in [0.05, 0.1) is 24.7 Å². The monoisotopic (exact) mass is 262 g/mol. The zero-order valence-electron chi connectivity index (χ0n) is 11.3. The van der Waals surface area contributed by atoms with E-state index in [2.05, 4.69) is 23.9 Å². The number of anilines is 1. The Morgan fingerprint density at radius 1 is 1.37 bits per heavy atom. The number of hydrogen-bond acceptors (Lipinski definition) is 5. The number of aromatic nitrogens is 3. The molecule has 0 saturated carbocycles. The Bertz CT molecular complexity index is 551. The highest BCUT2D eigenvalue weighted by Gasteiger charge is 2.08. The molecule has 6 heteroatoms. The van der Waals surface area contributed by atoms with Crippen LogP contribution in [0.25, 0.3) is 0 Å². The molecule has 0 saturated heterocycles. The number of rotatable bonds is 5. The largest absolute Gasteiger partial charge is 0.476 e. The third-order valence-corrected chi connectivity index (χ3v) is 2.32. The highest BCUT2D eigenvalue weighted by molar-refractivity contribution is 5.49. The van der Waals surface area contributed by atoms with E-state index in [1.54, 1.807) is 29.2 Å². The first-order chi connectivity index (χ1) is 9.04. The van der Waals surface area contributed by atoms with E-state index in [0.717, 1.165) is 0 Å². The van der Waals surface area contributed by atoms with Crippen LogP contribution in [0.1, 0.15) is 13.8 Å². The number of nitrogen functional groups attached to an aromatic ring is 1. The van der Waals surface area contributed by atoms with E-state index in [9.17, 15) is 0 Å². The topological polar surface area (TPSA) is 75.2 Å². The van der Waals surface area contributed by atoms with Gasteiger partial charge in [0.15, 0.2) is 5.75 Å². The quantitative estimate of drug-likeness (QED) is 0.894. The third-order valence-electron chi connectivity index (χ3n) is 2.32. The first kappa shape index (κ1) is 13.2. The maximum Gasteiger partial charge on any atom is 0.240 e. The Hall–Kier alpha value is -2.24. The maximum atomic E-state index is 5.81.